The highest BCUT2D eigenvalue weighted by Gasteiger charge is 2.20. The lowest BCUT2D eigenvalue weighted by Gasteiger charge is -2.14. The monoisotopic (exact) mass is 677 g/mol. The van der Waals surface area contributed by atoms with E-state index >= 15 is 0 Å². The van der Waals surface area contributed by atoms with Gasteiger partial charge in [-0.1, -0.05) is 103 Å². The first-order chi connectivity index (χ1) is 28.2. The van der Waals surface area contributed by atoms with Crippen LogP contribution in [0.2, 0.25) is 0 Å². The van der Waals surface area contributed by atoms with Crippen LogP contribution >= 0.6 is 11.3 Å². The van der Waals surface area contributed by atoms with Crippen LogP contribution in [-0.2, 0) is 0 Å². The van der Waals surface area contributed by atoms with Crippen molar-refractivity contribution >= 4 is 75.3 Å². The van der Waals surface area contributed by atoms with Crippen LogP contribution in [0.3, 0.4) is 0 Å². The molecular formula is C45H26N4OS. The minimum absolute atomic E-state index is 0.0992. The number of aromatic nitrogens is 4. The van der Waals surface area contributed by atoms with Crippen LogP contribution in [0.25, 0.3) is 104 Å². The number of hydrogen-bond acceptors (Lipinski definition) is 5. The maximum atomic E-state index is 9.09. The van der Waals surface area contributed by atoms with E-state index in [1.807, 2.05) is 72.8 Å². The average Bonchev–Trinajstić information content (AvgIpc) is 3.93. The zero-order chi connectivity index (χ0) is 39.6. The van der Waals surface area contributed by atoms with Gasteiger partial charge in [0.05, 0.1) is 26.3 Å². The molecule has 0 aliphatic carbocycles. The minimum Gasteiger partial charge on any atom is -0.456 e. The van der Waals surface area contributed by atoms with Crippen LogP contribution in [0.5, 0.6) is 0 Å². The summed E-state index contributed by atoms with van der Waals surface area (Å²) in [6, 6.07) is 34.6. The Morgan fingerprint density at radius 2 is 1.14 bits per heavy atom. The van der Waals surface area contributed by atoms with Gasteiger partial charge in [0.2, 0.25) is 0 Å². The predicted molar refractivity (Wildman–Crippen MR) is 211 cm³/mol. The molecule has 51 heavy (non-hydrogen) atoms. The molecule has 0 atom stereocenters. The molecule has 6 heteroatoms. The molecule has 0 radical (unpaired) electrons. The van der Waals surface area contributed by atoms with Gasteiger partial charge in [0, 0.05) is 58.4 Å². The first kappa shape index (κ1) is 22.2. The van der Waals surface area contributed by atoms with Crippen LogP contribution in [0.15, 0.2) is 162 Å². The maximum Gasteiger partial charge on any atom is 0.166 e. The van der Waals surface area contributed by atoms with Crippen LogP contribution < -0.4 is 0 Å². The summed E-state index contributed by atoms with van der Waals surface area (Å²) >= 11 is 1.69. The maximum absolute atomic E-state index is 9.09. The molecule has 11 aromatic rings. The second-order valence-electron chi connectivity index (χ2n) is 12.3. The van der Waals surface area contributed by atoms with Crippen molar-refractivity contribution < 1.29 is 14.0 Å². The number of benzene rings is 7. The van der Waals surface area contributed by atoms with Crippen LogP contribution in [0.1, 0.15) is 9.60 Å². The summed E-state index contributed by atoms with van der Waals surface area (Å²) in [7, 11) is 0. The molecule has 0 aliphatic rings. The summed E-state index contributed by atoms with van der Waals surface area (Å²) in [6.45, 7) is 0. The first-order valence-corrected chi connectivity index (χ1v) is 17.2. The smallest absolute Gasteiger partial charge is 0.166 e. The second-order valence-corrected chi connectivity index (χ2v) is 13.4. The molecule has 11 rings (SSSR count). The molecule has 238 valence electrons. The van der Waals surface area contributed by atoms with Gasteiger partial charge in [0.1, 0.15) is 11.2 Å². The third-order valence-corrected chi connectivity index (χ3v) is 10.5. The number of thiophene rings is 1. The fraction of sp³-hybridized carbons (Fsp3) is 0. The fourth-order valence-corrected chi connectivity index (χ4v) is 8.22. The third-order valence-electron chi connectivity index (χ3n) is 9.40. The zero-order valence-electron chi connectivity index (χ0n) is 33.6. The van der Waals surface area contributed by atoms with Gasteiger partial charge in [-0.3, -0.25) is 0 Å². The summed E-state index contributed by atoms with van der Waals surface area (Å²) in [5.41, 5.74) is 4.30. The molecular weight excluding hydrogens is 645 g/mol. The molecule has 4 heterocycles. The van der Waals surface area contributed by atoms with E-state index in [0.29, 0.717) is 45.4 Å². The number of furan rings is 1. The zero-order valence-corrected chi connectivity index (χ0v) is 27.4. The van der Waals surface area contributed by atoms with Crippen LogP contribution in [-0.4, -0.2) is 19.5 Å². The van der Waals surface area contributed by atoms with Crippen molar-refractivity contribution in [3.63, 3.8) is 0 Å². The van der Waals surface area contributed by atoms with E-state index in [9.17, 15) is 0 Å². The molecule has 0 bridgehead atoms. The number of rotatable bonds is 4. The van der Waals surface area contributed by atoms with E-state index in [4.69, 9.17) is 29.0 Å². The van der Waals surface area contributed by atoms with Crippen LogP contribution in [0.4, 0.5) is 0 Å². The molecule has 0 N–H and O–H groups in total. The lowest BCUT2D eigenvalue weighted by Crippen LogP contribution is -2.03. The quantitative estimate of drug-likeness (QED) is 0.186. The molecule has 0 unspecified atom stereocenters. The standard InChI is InChI=1S/C45H26N4OS/c1-6-16-36-29(11-1)30-12-2-7-17-37(30)49(36)38-18-8-3-15-35(38)45-47-43(27-21-23-32-31-13-4-9-19-39(31)50-40(32)25-27)46-44(48-45)28-22-24-34-33-14-5-10-20-41(33)51-42(34)26-28/h1-26H/i1D,2D,6D,7D,11D,12D,16D. The van der Waals surface area contributed by atoms with Gasteiger partial charge in [0.25, 0.3) is 0 Å². The molecule has 0 aliphatic heterocycles. The van der Waals surface area contributed by atoms with Crippen molar-refractivity contribution in [3.05, 3.63) is 158 Å². The third kappa shape index (κ3) is 4.37. The van der Waals surface area contributed by atoms with Crippen molar-refractivity contribution in [1.29, 1.82) is 0 Å². The average molecular weight is 678 g/mol. The van der Waals surface area contributed by atoms with Gasteiger partial charge in [-0.05, 0) is 54.6 Å². The molecule has 0 saturated heterocycles. The van der Waals surface area contributed by atoms with E-state index < -0.39 is 12.1 Å². The van der Waals surface area contributed by atoms with E-state index in [1.54, 1.807) is 28.0 Å². The predicted octanol–water partition coefficient (Wildman–Crippen LogP) is 12.2. The molecule has 0 fully saturated rings. The summed E-state index contributed by atoms with van der Waals surface area (Å²) in [6.07, 6.45) is 0. The summed E-state index contributed by atoms with van der Waals surface area (Å²) in [5.74, 6) is 1.10. The SMILES string of the molecule is [2H]c1cc2c(c([2H])c1[2H])c1c([2H])c([2H])c([2H])c([2H])c1n2-c1ccccc1-c1nc(-c2ccc3c(c2)oc2ccccc23)nc(-c2ccc3c(c2)sc2ccccc23)n1. The first-order valence-electron chi connectivity index (χ1n) is 19.9. The Kier molecular flexibility index (Phi) is 4.75. The molecule has 0 saturated carbocycles. The number of para-hydroxylation sites is 4. The van der Waals surface area contributed by atoms with E-state index in [1.165, 1.54) is 16.2 Å². The highest BCUT2D eigenvalue weighted by atomic mass is 32.1. The van der Waals surface area contributed by atoms with Crippen molar-refractivity contribution in [2.75, 3.05) is 0 Å². The Labute approximate surface area is 305 Å². The van der Waals surface area contributed by atoms with Gasteiger partial charge in [0.15, 0.2) is 17.5 Å². The topological polar surface area (TPSA) is 56.7 Å². The van der Waals surface area contributed by atoms with Crippen LogP contribution in [0, 0.1) is 0 Å². The number of fused-ring (bicyclic) bond motifs is 9. The molecule has 5 nitrogen and oxygen atoms in total. The number of hydrogen-bond donors (Lipinski definition) is 0. The Hall–Kier alpha value is -6.63. The van der Waals surface area contributed by atoms with Gasteiger partial charge < -0.3 is 8.98 Å². The molecule has 4 aromatic heterocycles. The highest BCUT2D eigenvalue weighted by Crippen LogP contribution is 2.39. The molecule has 7 aromatic carbocycles. The summed E-state index contributed by atoms with van der Waals surface area (Å²) in [5, 5.41) is 4.53. The van der Waals surface area contributed by atoms with Crippen molar-refractivity contribution in [1.82, 2.24) is 19.5 Å². The summed E-state index contributed by atoms with van der Waals surface area (Å²) in [4.78, 5) is 15.2. The van der Waals surface area contributed by atoms with Crippen molar-refractivity contribution in [3.8, 4) is 39.9 Å². The van der Waals surface area contributed by atoms with E-state index in [0.717, 1.165) is 32.0 Å². The Balaban J connectivity index is 1.20. The lowest BCUT2D eigenvalue weighted by atomic mass is 10.1. The van der Waals surface area contributed by atoms with Crippen molar-refractivity contribution in [2.45, 2.75) is 0 Å². The van der Waals surface area contributed by atoms with Gasteiger partial charge >= 0.3 is 0 Å². The highest BCUT2D eigenvalue weighted by molar-refractivity contribution is 7.25. The Morgan fingerprint density at radius 1 is 0.490 bits per heavy atom. The number of nitrogens with zero attached hydrogens (tertiary/aromatic N) is 4. The van der Waals surface area contributed by atoms with Gasteiger partial charge in [-0.15, -0.1) is 11.3 Å². The van der Waals surface area contributed by atoms with Crippen molar-refractivity contribution in [2.24, 2.45) is 0 Å². The van der Waals surface area contributed by atoms with Gasteiger partial charge in [-0.25, -0.2) is 15.0 Å². The molecule has 0 amide bonds. The van der Waals surface area contributed by atoms with E-state index in [-0.39, 0.29) is 46.5 Å². The Bertz CT molecular complexity index is 3440. The minimum atomic E-state index is -0.450. The van der Waals surface area contributed by atoms with E-state index in [2.05, 4.69) is 24.3 Å². The second kappa shape index (κ2) is 10.9. The summed E-state index contributed by atoms with van der Waals surface area (Å²) < 4.78 is 71.3. The fourth-order valence-electron chi connectivity index (χ4n) is 7.07. The largest absolute Gasteiger partial charge is 0.456 e. The Morgan fingerprint density at radius 3 is 2.04 bits per heavy atom. The molecule has 0 spiro atoms. The lowest BCUT2D eigenvalue weighted by molar-refractivity contribution is 0.669. The normalized spacial score (nSPS) is 13.8. The van der Waals surface area contributed by atoms with Gasteiger partial charge in [-0.2, -0.15) is 0 Å².